The van der Waals surface area contributed by atoms with Crippen LogP contribution < -0.4 is 5.32 Å². The van der Waals surface area contributed by atoms with Gasteiger partial charge in [0.25, 0.3) is 0 Å². The first kappa shape index (κ1) is 13.7. The lowest BCUT2D eigenvalue weighted by molar-refractivity contribution is 0.674. The molecule has 1 nitrogen and oxygen atoms in total. The molecule has 1 heterocycles. The molecule has 0 aliphatic heterocycles. The third-order valence-corrected chi connectivity index (χ3v) is 4.44. The zero-order chi connectivity index (χ0) is 12.6. The molecule has 96 valence electrons. The summed E-state index contributed by atoms with van der Waals surface area (Å²) in [5.74, 6) is 1.06. The predicted octanol–water partition coefficient (Wildman–Crippen LogP) is 4.54. The van der Waals surface area contributed by atoms with Gasteiger partial charge in [-0.05, 0) is 53.1 Å². The minimum absolute atomic E-state index is 0.973. The number of hydrogen-bond acceptors (Lipinski definition) is 3. The molecule has 0 aliphatic carbocycles. The molecular weight excluding hydrogens is 258 g/mol. The first-order chi connectivity index (χ1) is 8.88. The van der Waals surface area contributed by atoms with Crippen molar-refractivity contribution in [2.45, 2.75) is 30.5 Å². The van der Waals surface area contributed by atoms with E-state index in [-0.39, 0.29) is 0 Å². The Labute approximate surface area is 118 Å². The van der Waals surface area contributed by atoms with Crippen molar-refractivity contribution >= 4 is 23.1 Å². The number of thioether (sulfide) groups is 1. The molecule has 0 aliphatic rings. The number of nitrogens with one attached hydrogen (secondary N) is 1. The summed E-state index contributed by atoms with van der Waals surface area (Å²) < 4.78 is 0. The fourth-order valence-corrected chi connectivity index (χ4v) is 3.39. The van der Waals surface area contributed by atoms with Gasteiger partial charge < -0.3 is 5.32 Å². The lowest BCUT2D eigenvalue weighted by Crippen LogP contribution is -2.13. The smallest absolute Gasteiger partial charge is 0.0240 e. The van der Waals surface area contributed by atoms with E-state index in [0.29, 0.717) is 0 Å². The summed E-state index contributed by atoms with van der Waals surface area (Å²) in [7, 11) is 0. The number of rotatable bonds is 7. The van der Waals surface area contributed by atoms with Crippen LogP contribution in [0.1, 0.15) is 24.5 Å². The van der Waals surface area contributed by atoms with Crippen LogP contribution in [-0.2, 0) is 12.3 Å². The Morgan fingerprint density at radius 3 is 2.94 bits per heavy atom. The van der Waals surface area contributed by atoms with Gasteiger partial charge in [-0.3, -0.25) is 0 Å². The zero-order valence-corrected chi connectivity index (χ0v) is 12.3. The van der Waals surface area contributed by atoms with Crippen LogP contribution in [0.3, 0.4) is 0 Å². The van der Waals surface area contributed by atoms with E-state index in [4.69, 9.17) is 0 Å². The highest BCUT2D eigenvalue weighted by Gasteiger charge is 1.98. The first-order valence-corrected chi connectivity index (χ1v) is 8.25. The van der Waals surface area contributed by atoms with Gasteiger partial charge >= 0.3 is 0 Å². The van der Waals surface area contributed by atoms with E-state index in [0.717, 1.165) is 18.8 Å². The van der Waals surface area contributed by atoms with Crippen molar-refractivity contribution in [3.8, 4) is 0 Å². The van der Waals surface area contributed by atoms with E-state index in [1.807, 2.05) is 11.8 Å². The molecule has 0 saturated heterocycles. The highest BCUT2D eigenvalue weighted by atomic mass is 32.2. The first-order valence-electron chi connectivity index (χ1n) is 6.32. The van der Waals surface area contributed by atoms with Crippen LogP contribution in [0.5, 0.6) is 0 Å². The van der Waals surface area contributed by atoms with Gasteiger partial charge in [-0.1, -0.05) is 19.1 Å². The third-order valence-electron chi connectivity index (χ3n) is 2.64. The second-order valence-corrected chi connectivity index (χ2v) is 6.07. The standard InChI is InChI=1S/C15H19NS2/c1-2-7-16-10-13-4-3-5-15(9-13)18-12-14-6-8-17-11-14/h3-6,8-9,11,16H,2,7,10,12H2,1H3. The van der Waals surface area contributed by atoms with Crippen molar-refractivity contribution in [3.05, 3.63) is 52.2 Å². The van der Waals surface area contributed by atoms with Crippen molar-refractivity contribution in [2.24, 2.45) is 0 Å². The molecule has 0 amide bonds. The molecule has 0 spiro atoms. The van der Waals surface area contributed by atoms with Crippen molar-refractivity contribution in [2.75, 3.05) is 6.54 Å². The van der Waals surface area contributed by atoms with E-state index >= 15 is 0 Å². The van der Waals surface area contributed by atoms with Crippen LogP contribution >= 0.6 is 23.1 Å². The molecule has 2 aromatic rings. The molecule has 1 N–H and O–H groups in total. The van der Waals surface area contributed by atoms with Gasteiger partial charge in [0.1, 0.15) is 0 Å². The van der Waals surface area contributed by atoms with Crippen molar-refractivity contribution in [1.29, 1.82) is 0 Å². The Hall–Kier alpha value is -0.770. The topological polar surface area (TPSA) is 12.0 Å². The monoisotopic (exact) mass is 277 g/mol. The molecule has 0 atom stereocenters. The lowest BCUT2D eigenvalue weighted by Gasteiger charge is -2.06. The average molecular weight is 277 g/mol. The molecule has 0 unspecified atom stereocenters. The average Bonchev–Trinajstić information content (AvgIpc) is 2.90. The number of benzene rings is 1. The van der Waals surface area contributed by atoms with E-state index in [2.05, 4.69) is 53.3 Å². The Morgan fingerprint density at radius 2 is 2.17 bits per heavy atom. The summed E-state index contributed by atoms with van der Waals surface area (Å²) >= 11 is 3.68. The second kappa shape index (κ2) is 7.62. The third kappa shape index (κ3) is 4.48. The maximum Gasteiger partial charge on any atom is 0.0240 e. The van der Waals surface area contributed by atoms with Crippen LogP contribution in [-0.4, -0.2) is 6.54 Å². The van der Waals surface area contributed by atoms with Crippen LogP contribution in [0.15, 0.2) is 46.0 Å². The number of thiophene rings is 1. The second-order valence-electron chi connectivity index (χ2n) is 4.24. The SMILES string of the molecule is CCCNCc1cccc(SCc2ccsc2)c1. The molecule has 0 fully saturated rings. The highest BCUT2D eigenvalue weighted by molar-refractivity contribution is 7.98. The fourth-order valence-electron chi connectivity index (χ4n) is 1.70. The minimum Gasteiger partial charge on any atom is -0.313 e. The molecule has 0 bridgehead atoms. The maximum absolute atomic E-state index is 3.44. The molecule has 0 radical (unpaired) electrons. The molecule has 1 aromatic heterocycles. The number of hydrogen-bond donors (Lipinski definition) is 1. The van der Waals surface area contributed by atoms with Gasteiger partial charge in [-0.15, -0.1) is 11.8 Å². The summed E-state index contributed by atoms with van der Waals surface area (Å²) in [5, 5.41) is 7.80. The molecule has 18 heavy (non-hydrogen) atoms. The summed E-state index contributed by atoms with van der Waals surface area (Å²) in [6.45, 7) is 4.26. The van der Waals surface area contributed by atoms with Crippen molar-refractivity contribution in [1.82, 2.24) is 5.32 Å². The van der Waals surface area contributed by atoms with Gasteiger partial charge in [0.05, 0.1) is 0 Å². The van der Waals surface area contributed by atoms with E-state index in [9.17, 15) is 0 Å². The Bertz CT molecular complexity index is 451. The van der Waals surface area contributed by atoms with Gasteiger partial charge in [-0.25, -0.2) is 0 Å². The quantitative estimate of drug-likeness (QED) is 0.589. The maximum atomic E-state index is 3.44. The summed E-state index contributed by atoms with van der Waals surface area (Å²) in [5.41, 5.74) is 2.79. The van der Waals surface area contributed by atoms with Crippen LogP contribution in [0.25, 0.3) is 0 Å². The van der Waals surface area contributed by atoms with E-state index < -0.39 is 0 Å². The zero-order valence-electron chi connectivity index (χ0n) is 10.7. The van der Waals surface area contributed by atoms with E-state index in [1.54, 1.807) is 11.3 Å². The van der Waals surface area contributed by atoms with Crippen LogP contribution in [0, 0.1) is 0 Å². The van der Waals surface area contributed by atoms with Crippen molar-refractivity contribution in [3.63, 3.8) is 0 Å². The summed E-state index contributed by atoms with van der Waals surface area (Å²) in [4.78, 5) is 1.36. The normalized spacial score (nSPS) is 10.7. The van der Waals surface area contributed by atoms with Crippen LogP contribution in [0.2, 0.25) is 0 Å². The lowest BCUT2D eigenvalue weighted by atomic mass is 10.2. The van der Waals surface area contributed by atoms with Crippen molar-refractivity contribution < 1.29 is 0 Å². The fraction of sp³-hybridized carbons (Fsp3) is 0.333. The molecule has 2 rings (SSSR count). The van der Waals surface area contributed by atoms with Gasteiger partial charge in [0.15, 0.2) is 0 Å². The molecule has 1 aromatic carbocycles. The minimum atomic E-state index is 0.973. The Balaban J connectivity index is 1.86. The predicted molar refractivity (Wildman–Crippen MR) is 82.3 cm³/mol. The largest absolute Gasteiger partial charge is 0.313 e. The molecule has 0 saturated carbocycles. The molecule has 3 heteroatoms. The Kier molecular flexibility index (Phi) is 5.78. The summed E-state index contributed by atoms with van der Waals surface area (Å²) in [6.07, 6.45) is 1.19. The highest BCUT2D eigenvalue weighted by Crippen LogP contribution is 2.24. The summed E-state index contributed by atoms with van der Waals surface area (Å²) in [6, 6.07) is 11.0. The van der Waals surface area contributed by atoms with E-state index in [1.165, 1.54) is 22.4 Å². The Morgan fingerprint density at radius 1 is 1.22 bits per heavy atom. The van der Waals surface area contributed by atoms with Gasteiger partial charge in [-0.2, -0.15) is 11.3 Å². The van der Waals surface area contributed by atoms with Gasteiger partial charge in [0.2, 0.25) is 0 Å². The van der Waals surface area contributed by atoms with Crippen LogP contribution in [0.4, 0.5) is 0 Å². The van der Waals surface area contributed by atoms with Gasteiger partial charge in [0, 0.05) is 17.2 Å². The molecular formula is C15H19NS2.